The molecule has 3 aromatic rings. The van der Waals surface area contributed by atoms with Crippen LogP contribution >= 0.6 is 23.4 Å². The van der Waals surface area contributed by atoms with Crippen molar-refractivity contribution in [1.29, 1.82) is 0 Å². The van der Waals surface area contributed by atoms with Gasteiger partial charge in [0.15, 0.2) is 11.6 Å². The molecule has 204 valence electrons. The van der Waals surface area contributed by atoms with Crippen molar-refractivity contribution in [2.24, 2.45) is 11.8 Å². The van der Waals surface area contributed by atoms with E-state index in [4.69, 9.17) is 16.3 Å². The summed E-state index contributed by atoms with van der Waals surface area (Å²) in [6, 6.07) is 6.79. The van der Waals surface area contributed by atoms with Gasteiger partial charge < -0.3 is 19.8 Å². The first kappa shape index (κ1) is 28.5. The fraction of sp³-hybridized carbons (Fsp3) is 0.407. The number of carboxylic acid groups (broad SMARTS) is 1. The molecule has 2 aromatic carbocycles. The van der Waals surface area contributed by atoms with Crippen LogP contribution in [0.1, 0.15) is 30.9 Å². The SMILES string of the molecule is COc1ccc2ncc(Cl)c([C@H](O)CCC3CCN(CCSc4cc(F)cc(F)c4F)CC3C(=O)O)c2c1. The lowest BCUT2D eigenvalue weighted by atomic mass is 9.81. The second-order valence-electron chi connectivity index (χ2n) is 9.34. The number of hydrogen-bond acceptors (Lipinski definition) is 6. The van der Waals surface area contributed by atoms with Crippen LogP contribution in [0.3, 0.4) is 0 Å². The highest BCUT2D eigenvalue weighted by Gasteiger charge is 2.34. The Morgan fingerprint density at radius 2 is 2.08 bits per heavy atom. The van der Waals surface area contributed by atoms with Gasteiger partial charge in [-0.15, -0.1) is 11.8 Å². The van der Waals surface area contributed by atoms with E-state index in [1.807, 2.05) is 4.90 Å². The highest BCUT2D eigenvalue weighted by Crippen LogP contribution is 2.37. The molecule has 0 amide bonds. The maximum absolute atomic E-state index is 13.9. The van der Waals surface area contributed by atoms with Gasteiger partial charge in [0.25, 0.3) is 0 Å². The summed E-state index contributed by atoms with van der Waals surface area (Å²) in [5, 5.41) is 22.0. The fourth-order valence-electron chi connectivity index (χ4n) is 4.97. The van der Waals surface area contributed by atoms with Crippen molar-refractivity contribution in [3.8, 4) is 5.75 Å². The zero-order valence-corrected chi connectivity index (χ0v) is 22.2. The molecule has 2 N–H and O–H groups in total. The first-order valence-corrected chi connectivity index (χ1v) is 13.6. The van der Waals surface area contributed by atoms with Gasteiger partial charge in [0.05, 0.1) is 29.7 Å². The molecule has 38 heavy (non-hydrogen) atoms. The van der Waals surface area contributed by atoms with E-state index in [2.05, 4.69) is 4.98 Å². The number of piperidine rings is 1. The summed E-state index contributed by atoms with van der Waals surface area (Å²) in [5.74, 6) is -3.92. The number of methoxy groups -OCH3 is 1. The number of ether oxygens (including phenoxy) is 1. The third kappa shape index (κ3) is 6.54. The molecule has 1 fully saturated rings. The smallest absolute Gasteiger partial charge is 0.308 e. The molecular weight excluding hydrogens is 541 g/mol. The van der Waals surface area contributed by atoms with Crippen LogP contribution in [0.15, 0.2) is 41.4 Å². The quantitative estimate of drug-likeness (QED) is 0.231. The monoisotopic (exact) mass is 568 g/mol. The van der Waals surface area contributed by atoms with Gasteiger partial charge in [-0.25, -0.2) is 13.2 Å². The average molecular weight is 569 g/mol. The summed E-state index contributed by atoms with van der Waals surface area (Å²) in [6.07, 6.45) is 2.00. The van der Waals surface area contributed by atoms with E-state index in [1.165, 1.54) is 6.20 Å². The number of carbonyl (C=O) groups is 1. The van der Waals surface area contributed by atoms with E-state index in [1.54, 1.807) is 25.3 Å². The molecule has 6 nitrogen and oxygen atoms in total. The molecule has 0 bridgehead atoms. The van der Waals surface area contributed by atoms with E-state index in [-0.39, 0.29) is 10.8 Å². The number of benzene rings is 2. The third-order valence-corrected chi connectivity index (χ3v) is 8.29. The third-order valence-electron chi connectivity index (χ3n) is 6.99. The van der Waals surface area contributed by atoms with Crippen LogP contribution in [0.25, 0.3) is 10.9 Å². The standard InChI is InChI=1S/C27H28ClF3N2O4S/c1-37-17-3-4-22-18(12-17)25(20(28)13-32-22)23(34)5-2-15-6-7-33(14-19(15)27(35)36)8-9-38-24-11-16(29)10-21(30)26(24)31/h3-4,10-13,15,19,23,34H,2,5-9,14H2,1H3,(H,35,36)/t15?,19?,23-/m1/s1. The number of pyridine rings is 1. The molecule has 0 saturated carbocycles. The second kappa shape index (κ2) is 12.5. The molecule has 2 unspecified atom stereocenters. The number of hydrogen-bond donors (Lipinski definition) is 2. The number of aliphatic hydroxyl groups excluding tert-OH is 1. The van der Waals surface area contributed by atoms with Gasteiger partial charge in [0, 0.05) is 47.0 Å². The van der Waals surface area contributed by atoms with Gasteiger partial charge in [-0.1, -0.05) is 11.6 Å². The molecule has 4 rings (SSSR count). The van der Waals surface area contributed by atoms with Crippen LogP contribution < -0.4 is 4.74 Å². The Morgan fingerprint density at radius 3 is 2.82 bits per heavy atom. The number of nitrogens with zero attached hydrogens (tertiary/aromatic N) is 2. The van der Waals surface area contributed by atoms with E-state index in [9.17, 15) is 28.2 Å². The Balaban J connectivity index is 1.36. The van der Waals surface area contributed by atoms with Crippen LogP contribution in [-0.2, 0) is 4.79 Å². The fourth-order valence-corrected chi connectivity index (χ4v) is 6.23. The van der Waals surface area contributed by atoms with Crippen molar-refractivity contribution >= 4 is 40.2 Å². The zero-order chi connectivity index (χ0) is 27.4. The summed E-state index contributed by atoms with van der Waals surface area (Å²) in [6.45, 7) is 1.37. The Morgan fingerprint density at radius 1 is 1.29 bits per heavy atom. The highest BCUT2D eigenvalue weighted by molar-refractivity contribution is 7.99. The number of aliphatic hydroxyl groups is 1. The first-order valence-electron chi connectivity index (χ1n) is 12.2. The first-order chi connectivity index (χ1) is 18.2. The summed E-state index contributed by atoms with van der Waals surface area (Å²) in [7, 11) is 1.55. The summed E-state index contributed by atoms with van der Waals surface area (Å²) >= 11 is 7.39. The molecule has 11 heteroatoms. The summed E-state index contributed by atoms with van der Waals surface area (Å²) in [5.41, 5.74) is 1.21. The Kier molecular flexibility index (Phi) is 9.40. The number of aliphatic carboxylic acids is 1. The van der Waals surface area contributed by atoms with Crippen molar-refractivity contribution in [1.82, 2.24) is 9.88 Å². The molecular formula is C27H28ClF3N2O4S. The number of likely N-dealkylation sites (tertiary alicyclic amines) is 1. The minimum absolute atomic E-state index is 0.110. The van der Waals surface area contributed by atoms with Crippen LogP contribution in [0.2, 0.25) is 5.02 Å². The Hall–Kier alpha value is -2.53. The molecule has 1 saturated heterocycles. The largest absolute Gasteiger partial charge is 0.497 e. The molecule has 1 aliphatic rings. The van der Waals surface area contributed by atoms with Gasteiger partial charge in [-0.2, -0.15) is 0 Å². The molecule has 0 radical (unpaired) electrons. The van der Waals surface area contributed by atoms with Gasteiger partial charge in [-0.05, 0) is 56.0 Å². The van der Waals surface area contributed by atoms with Crippen molar-refractivity contribution in [2.75, 3.05) is 32.5 Å². The summed E-state index contributed by atoms with van der Waals surface area (Å²) in [4.78, 5) is 18.2. The van der Waals surface area contributed by atoms with E-state index < -0.39 is 35.4 Å². The Bertz CT molecular complexity index is 1320. The van der Waals surface area contributed by atoms with Gasteiger partial charge in [0.2, 0.25) is 0 Å². The minimum Gasteiger partial charge on any atom is -0.497 e. The van der Waals surface area contributed by atoms with Gasteiger partial charge in [-0.3, -0.25) is 9.78 Å². The molecule has 1 aliphatic heterocycles. The van der Waals surface area contributed by atoms with E-state index in [0.717, 1.165) is 17.8 Å². The zero-order valence-electron chi connectivity index (χ0n) is 20.7. The maximum atomic E-state index is 13.9. The number of rotatable bonds is 10. The Labute approximate surface area is 227 Å². The van der Waals surface area contributed by atoms with Crippen LogP contribution in [-0.4, -0.2) is 58.6 Å². The molecule has 1 aromatic heterocycles. The van der Waals surface area contributed by atoms with Crippen LogP contribution in [0, 0.1) is 29.3 Å². The van der Waals surface area contributed by atoms with E-state index in [0.29, 0.717) is 78.0 Å². The highest BCUT2D eigenvalue weighted by atomic mass is 35.5. The maximum Gasteiger partial charge on any atom is 0.308 e. The number of thioether (sulfide) groups is 1. The lowest BCUT2D eigenvalue weighted by Crippen LogP contribution is -2.44. The summed E-state index contributed by atoms with van der Waals surface area (Å²) < 4.78 is 46.0. The predicted octanol–water partition coefficient (Wildman–Crippen LogP) is 5.94. The number of fused-ring (bicyclic) bond motifs is 1. The molecule has 0 aliphatic carbocycles. The molecule has 0 spiro atoms. The topological polar surface area (TPSA) is 82.9 Å². The van der Waals surface area contributed by atoms with Crippen LogP contribution in [0.5, 0.6) is 5.75 Å². The molecule has 2 heterocycles. The predicted molar refractivity (Wildman–Crippen MR) is 140 cm³/mol. The molecule has 3 atom stereocenters. The van der Waals surface area contributed by atoms with Gasteiger partial charge in [0.1, 0.15) is 11.6 Å². The minimum atomic E-state index is -1.23. The second-order valence-corrected chi connectivity index (χ2v) is 10.9. The normalized spacial score (nSPS) is 19.0. The van der Waals surface area contributed by atoms with E-state index >= 15 is 0 Å². The lowest BCUT2D eigenvalue weighted by molar-refractivity contribution is -0.146. The van der Waals surface area contributed by atoms with Crippen molar-refractivity contribution in [2.45, 2.75) is 30.3 Å². The number of carboxylic acids is 1. The average Bonchev–Trinajstić information content (AvgIpc) is 2.89. The van der Waals surface area contributed by atoms with Gasteiger partial charge >= 0.3 is 5.97 Å². The van der Waals surface area contributed by atoms with Crippen molar-refractivity contribution < 1.29 is 32.9 Å². The van der Waals surface area contributed by atoms with Crippen LogP contribution in [0.4, 0.5) is 13.2 Å². The number of aromatic nitrogens is 1. The van der Waals surface area contributed by atoms with Crippen molar-refractivity contribution in [3.63, 3.8) is 0 Å². The lowest BCUT2D eigenvalue weighted by Gasteiger charge is -2.37. The van der Waals surface area contributed by atoms with Crippen molar-refractivity contribution in [3.05, 3.63) is 64.6 Å². The number of halogens is 4.